The van der Waals surface area contributed by atoms with Gasteiger partial charge in [-0.05, 0) is 67.1 Å². The molecule has 1 saturated carbocycles. The van der Waals surface area contributed by atoms with E-state index < -0.39 is 0 Å². The number of pyridine rings is 1. The second-order valence-electron chi connectivity index (χ2n) is 10.2. The number of anilines is 1. The number of rotatable bonds is 9. The summed E-state index contributed by atoms with van der Waals surface area (Å²) >= 11 is 1.63. The Labute approximate surface area is 209 Å². The van der Waals surface area contributed by atoms with Crippen LogP contribution in [0.25, 0.3) is 16.2 Å². The Balaban J connectivity index is 1.66. The predicted molar refractivity (Wildman–Crippen MR) is 150 cm³/mol. The quantitative estimate of drug-likeness (QED) is 0.396. The second-order valence-corrected chi connectivity index (χ2v) is 11.2. The van der Waals surface area contributed by atoms with E-state index in [9.17, 15) is 0 Å². The first-order valence-corrected chi connectivity index (χ1v) is 13.4. The maximum atomic E-state index is 5.11. The molecule has 0 atom stereocenters. The van der Waals surface area contributed by atoms with Gasteiger partial charge in [-0.15, -0.1) is 0 Å². The zero-order valence-corrected chi connectivity index (χ0v) is 21.8. The number of hydrogen-bond acceptors (Lipinski definition) is 4. The standard InChI is InChI=1S/C30H37N3S/c1-6-16-30(4,5)17-15-27-31-20-25-19-26(21(3)34-18-7-2)28(33-29(25)32-27)24-13-11-23(12-14-24)22-9-8-10-22/h7,11-15,18-20,22H,3,6,8-10,16-17H2,1-2,4-5H3,(H,32,33)/b18-7-,27-15-. The monoisotopic (exact) mass is 471 g/mol. The van der Waals surface area contributed by atoms with Crippen molar-refractivity contribution in [2.45, 2.75) is 72.1 Å². The number of nitrogens with zero attached hydrogens (tertiary/aromatic N) is 2. The SMILES string of the molecule is C=C(S/C=C\C)c1cc2c(nc1-c1ccc(C3CCC3)cc1)N/C(=C\CC(C)(C)CCC)N=C2. The van der Waals surface area contributed by atoms with Gasteiger partial charge in [0.05, 0.1) is 5.69 Å². The molecular formula is C30H37N3S. The summed E-state index contributed by atoms with van der Waals surface area (Å²) in [4.78, 5) is 10.8. The topological polar surface area (TPSA) is 37.3 Å². The number of aromatic nitrogens is 1. The number of aliphatic imine (C=N–C) groups is 1. The van der Waals surface area contributed by atoms with Crippen LogP contribution in [0.3, 0.4) is 0 Å². The van der Waals surface area contributed by atoms with Crippen LogP contribution in [0, 0.1) is 5.41 Å². The number of benzene rings is 1. The second kappa shape index (κ2) is 10.8. The summed E-state index contributed by atoms with van der Waals surface area (Å²) in [6, 6.07) is 11.2. The van der Waals surface area contributed by atoms with Gasteiger partial charge in [-0.3, -0.25) is 0 Å². The fraction of sp³-hybridized carbons (Fsp3) is 0.400. The molecule has 0 saturated heterocycles. The number of hydrogen-bond donors (Lipinski definition) is 1. The van der Waals surface area contributed by atoms with Gasteiger partial charge in [0.25, 0.3) is 0 Å². The van der Waals surface area contributed by atoms with Crippen molar-refractivity contribution >= 4 is 28.7 Å². The Morgan fingerprint density at radius 3 is 2.65 bits per heavy atom. The van der Waals surface area contributed by atoms with E-state index in [1.807, 2.05) is 19.2 Å². The molecule has 3 nitrogen and oxygen atoms in total. The molecule has 0 spiro atoms. The van der Waals surface area contributed by atoms with E-state index in [2.05, 4.69) is 79.5 Å². The van der Waals surface area contributed by atoms with Gasteiger partial charge >= 0.3 is 0 Å². The lowest BCUT2D eigenvalue weighted by Gasteiger charge is -2.26. The molecular weight excluding hydrogens is 434 g/mol. The van der Waals surface area contributed by atoms with E-state index in [4.69, 9.17) is 4.98 Å². The van der Waals surface area contributed by atoms with E-state index in [1.54, 1.807) is 11.8 Å². The Morgan fingerprint density at radius 1 is 1.24 bits per heavy atom. The lowest BCUT2D eigenvalue weighted by atomic mass is 9.80. The lowest BCUT2D eigenvalue weighted by Crippen LogP contribution is -2.13. The van der Waals surface area contributed by atoms with Crippen molar-refractivity contribution in [2.24, 2.45) is 10.4 Å². The predicted octanol–water partition coefficient (Wildman–Crippen LogP) is 9.16. The van der Waals surface area contributed by atoms with E-state index >= 15 is 0 Å². The first-order chi connectivity index (χ1) is 16.4. The van der Waals surface area contributed by atoms with Gasteiger partial charge in [-0.1, -0.05) is 82.3 Å². The largest absolute Gasteiger partial charge is 0.325 e. The molecule has 2 aromatic rings. The number of nitrogens with one attached hydrogen (secondary N) is 1. The molecule has 1 aromatic carbocycles. The lowest BCUT2D eigenvalue weighted by molar-refractivity contribution is 0.335. The first kappa shape index (κ1) is 24.5. The van der Waals surface area contributed by atoms with Crippen LogP contribution in [-0.4, -0.2) is 11.2 Å². The average Bonchev–Trinajstić information content (AvgIpc) is 2.79. The van der Waals surface area contributed by atoms with Gasteiger partial charge < -0.3 is 5.32 Å². The Bertz CT molecular complexity index is 1120. The maximum absolute atomic E-state index is 5.11. The molecule has 1 N–H and O–H groups in total. The van der Waals surface area contributed by atoms with E-state index in [0.29, 0.717) is 0 Å². The number of allylic oxidation sites excluding steroid dienone is 2. The molecule has 0 radical (unpaired) electrons. The first-order valence-electron chi connectivity index (χ1n) is 12.5. The molecule has 178 valence electrons. The summed E-state index contributed by atoms with van der Waals surface area (Å²) in [6.45, 7) is 13.3. The molecule has 2 aliphatic rings. The van der Waals surface area contributed by atoms with E-state index in [-0.39, 0.29) is 5.41 Å². The highest BCUT2D eigenvalue weighted by molar-refractivity contribution is 8.10. The molecule has 0 bridgehead atoms. The third-order valence-electron chi connectivity index (χ3n) is 6.82. The van der Waals surface area contributed by atoms with Crippen LogP contribution in [-0.2, 0) is 0 Å². The highest BCUT2D eigenvalue weighted by Crippen LogP contribution is 2.39. The minimum Gasteiger partial charge on any atom is -0.325 e. The van der Waals surface area contributed by atoms with Gasteiger partial charge in [-0.2, -0.15) is 0 Å². The van der Waals surface area contributed by atoms with Gasteiger partial charge in [0.15, 0.2) is 0 Å². The molecule has 0 unspecified atom stereocenters. The van der Waals surface area contributed by atoms with Crippen molar-refractivity contribution in [2.75, 3.05) is 5.32 Å². The van der Waals surface area contributed by atoms with Gasteiger partial charge in [0, 0.05) is 27.8 Å². The summed E-state index contributed by atoms with van der Waals surface area (Å²) in [5, 5.41) is 5.55. The average molecular weight is 472 g/mol. The maximum Gasteiger partial charge on any atom is 0.141 e. The van der Waals surface area contributed by atoms with Crippen LogP contribution in [0.4, 0.5) is 5.82 Å². The summed E-state index contributed by atoms with van der Waals surface area (Å²) < 4.78 is 0. The highest BCUT2D eigenvalue weighted by atomic mass is 32.2. The fourth-order valence-electron chi connectivity index (χ4n) is 4.58. The molecule has 2 heterocycles. The molecule has 1 aromatic heterocycles. The van der Waals surface area contributed by atoms with E-state index in [1.165, 1.54) is 37.7 Å². The summed E-state index contributed by atoms with van der Waals surface area (Å²) in [7, 11) is 0. The van der Waals surface area contributed by atoms with Crippen LogP contribution in [0.15, 0.2) is 65.3 Å². The van der Waals surface area contributed by atoms with Crippen molar-refractivity contribution in [1.82, 2.24) is 4.98 Å². The molecule has 4 heteroatoms. The van der Waals surface area contributed by atoms with Crippen molar-refractivity contribution in [1.29, 1.82) is 0 Å². The minimum atomic E-state index is 0.269. The molecule has 1 aliphatic heterocycles. The Kier molecular flexibility index (Phi) is 7.77. The summed E-state index contributed by atoms with van der Waals surface area (Å²) in [5.41, 5.74) is 5.87. The fourth-order valence-corrected chi connectivity index (χ4v) is 5.16. The molecule has 34 heavy (non-hydrogen) atoms. The zero-order valence-electron chi connectivity index (χ0n) is 21.0. The van der Waals surface area contributed by atoms with Gasteiger partial charge in [0.1, 0.15) is 11.6 Å². The van der Waals surface area contributed by atoms with Crippen LogP contribution in [0.1, 0.15) is 88.8 Å². The van der Waals surface area contributed by atoms with Crippen LogP contribution in [0.5, 0.6) is 0 Å². The van der Waals surface area contributed by atoms with Crippen LogP contribution >= 0.6 is 11.8 Å². The Hall–Kier alpha value is -2.59. The van der Waals surface area contributed by atoms with Gasteiger partial charge in [0.2, 0.25) is 0 Å². The highest BCUT2D eigenvalue weighted by Gasteiger charge is 2.21. The van der Waals surface area contributed by atoms with Crippen molar-refractivity contribution in [3.05, 3.63) is 77.0 Å². The molecule has 0 amide bonds. The molecule has 1 fully saturated rings. The zero-order chi connectivity index (χ0) is 24.1. The van der Waals surface area contributed by atoms with Crippen molar-refractivity contribution in [3.8, 4) is 11.3 Å². The third-order valence-corrected chi connectivity index (χ3v) is 7.74. The van der Waals surface area contributed by atoms with Crippen molar-refractivity contribution in [3.63, 3.8) is 0 Å². The smallest absolute Gasteiger partial charge is 0.141 e. The van der Waals surface area contributed by atoms with Crippen LogP contribution in [0.2, 0.25) is 0 Å². The number of fused-ring (bicyclic) bond motifs is 1. The van der Waals surface area contributed by atoms with E-state index in [0.717, 1.165) is 51.3 Å². The molecule has 4 rings (SSSR count). The summed E-state index contributed by atoms with van der Waals surface area (Å²) in [6.07, 6.45) is 13.5. The third kappa shape index (κ3) is 5.72. The minimum absolute atomic E-state index is 0.269. The Morgan fingerprint density at radius 2 is 2.00 bits per heavy atom. The van der Waals surface area contributed by atoms with Crippen LogP contribution < -0.4 is 5.32 Å². The molecule has 1 aliphatic carbocycles. The summed E-state index contributed by atoms with van der Waals surface area (Å²) in [5.74, 6) is 2.47. The van der Waals surface area contributed by atoms with Gasteiger partial charge in [-0.25, -0.2) is 9.98 Å². The number of thioether (sulfide) groups is 1. The van der Waals surface area contributed by atoms with Crippen molar-refractivity contribution < 1.29 is 0 Å². The normalized spacial score (nSPS) is 17.0.